The smallest absolute Gasteiger partial charge is 0.253 e. The molecule has 2 aliphatic heterocycles. The van der Waals surface area contributed by atoms with Gasteiger partial charge < -0.3 is 9.64 Å². The molecule has 2 aromatic rings. The zero-order valence-corrected chi connectivity index (χ0v) is 16.8. The van der Waals surface area contributed by atoms with Crippen molar-refractivity contribution in [2.24, 2.45) is 0 Å². The molecule has 0 radical (unpaired) electrons. The number of piperidine rings is 1. The summed E-state index contributed by atoms with van der Waals surface area (Å²) in [6.07, 6.45) is 0.886. The summed E-state index contributed by atoms with van der Waals surface area (Å²) in [4.78, 5) is 14.6. The van der Waals surface area contributed by atoms with Gasteiger partial charge in [-0.15, -0.1) is 0 Å². The summed E-state index contributed by atoms with van der Waals surface area (Å²) < 4.78 is 33.8. The van der Waals surface area contributed by atoms with Crippen LogP contribution in [-0.2, 0) is 14.8 Å². The van der Waals surface area contributed by atoms with Gasteiger partial charge in [-0.3, -0.25) is 4.79 Å². The molecule has 2 aromatic carbocycles. The van der Waals surface area contributed by atoms with Crippen molar-refractivity contribution in [1.29, 1.82) is 0 Å². The van der Waals surface area contributed by atoms with E-state index in [0.29, 0.717) is 49.7 Å². The number of carbonyl (C=O) groups is 1. The Bertz CT molecular complexity index is 955. The summed E-state index contributed by atoms with van der Waals surface area (Å²) in [5.74, 6) is -0.0412. The molecule has 148 valence electrons. The number of nitrogens with zero attached hydrogens (tertiary/aromatic N) is 2. The molecule has 2 fully saturated rings. The lowest BCUT2D eigenvalue weighted by atomic mass is 10.00. The third kappa shape index (κ3) is 3.43. The lowest BCUT2D eigenvalue weighted by Gasteiger charge is -2.42. The molecule has 2 heterocycles. The fourth-order valence-corrected chi connectivity index (χ4v) is 5.73. The zero-order valence-electron chi connectivity index (χ0n) is 15.3. The van der Waals surface area contributed by atoms with Gasteiger partial charge in [0.2, 0.25) is 10.0 Å². The van der Waals surface area contributed by atoms with Gasteiger partial charge in [-0.05, 0) is 36.4 Å². The highest BCUT2D eigenvalue weighted by Crippen LogP contribution is 2.38. The Morgan fingerprint density at radius 1 is 0.964 bits per heavy atom. The second kappa shape index (κ2) is 7.48. The molecule has 2 aliphatic rings. The molecule has 0 bridgehead atoms. The fraction of sp³-hybridized carbons (Fsp3) is 0.350. The Balaban J connectivity index is 1.52. The van der Waals surface area contributed by atoms with Crippen LogP contribution in [0, 0.1) is 0 Å². The lowest BCUT2D eigenvalue weighted by Crippen LogP contribution is -2.55. The standard InChI is InChI=1S/C20H21ClN2O4S/c21-17-6-8-18(9-7-17)28(25,26)23-14-15-27-20(23)10-12-22(13-11-20)19(24)16-4-2-1-3-5-16/h1-9H,10-15H2. The van der Waals surface area contributed by atoms with Crippen molar-refractivity contribution in [2.75, 3.05) is 26.2 Å². The number of halogens is 1. The fourth-order valence-electron chi connectivity index (χ4n) is 3.88. The van der Waals surface area contributed by atoms with Gasteiger partial charge in [-0.1, -0.05) is 29.8 Å². The number of ether oxygens (including phenoxy) is 1. The highest BCUT2D eigenvalue weighted by molar-refractivity contribution is 7.89. The highest BCUT2D eigenvalue weighted by Gasteiger charge is 2.50. The minimum atomic E-state index is -3.71. The Hall–Kier alpha value is -1.93. The molecule has 0 unspecified atom stereocenters. The molecule has 1 amide bonds. The van der Waals surface area contributed by atoms with Crippen LogP contribution in [0.1, 0.15) is 23.2 Å². The molecule has 1 spiro atoms. The molecular weight excluding hydrogens is 400 g/mol. The minimum absolute atomic E-state index is 0.0412. The molecule has 2 saturated heterocycles. The average Bonchev–Trinajstić information content (AvgIpc) is 3.13. The van der Waals surface area contributed by atoms with Crippen LogP contribution in [0.25, 0.3) is 0 Å². The Labute approximate surface area is 169 Å². The van der Waals surface area contributed by atoms with Gasteiger partial charge in [-0.2, -0.15) is 4.31 Å². The molecule has 28 heavy (non-hydrogen) atoms. The maximum atomic E-state index is 13.2. The van der Waals surface area contributed by atoms with Gasteiger partial charge in [0.05, 0.1) is 11.5 Å². The summed E-state index contributed by atoms with van der Waals surface area (Å²) >= 11 is 5.89. The number of amides is 1. The summed E-state index contributed by atoms with van der Waals surface area (Å²) in [6.45, 7) is 1.54. The first-order valence-corrected chi connectivity index (χ1v) is 11.0. The molecule has 0 saturated carbocycles. The molecule has 0 aliphatic carbocycles. The summed E-state index contributed by atoms with van der Waals surface area (Å²) in [6, 6.07) is 15.3. The predicted octanol–water partition coefficient (Wildman–Crippen LogP) is 2.99. The highest BCUT2D eigenvalue weighted by atomic mass is 35.5. The summed E-state index contributed by atoms with van der Waals surface area (Å²) in [5.41, 5.74) is -0.261. The third-order valence-electron chi connectivity index (χ3n) is 5.37. The first-order chi connectivity index (χ1) is 13.4. The normalized spacial score (nSPS) is 19.8. The predicted molar refractivity (Wildman–Crippen MR) is 106 cm³/mol. The molecule has 0 aromatic heterocycles. The quantitative estimate of drug-likeness (QED) is 0.765. The second-order valence-corrected chi connectivity index (χ2v) is 9.28. The monoisotopic (exact) mass is 420 g/mol. The summed E-state index contributed by atoms with van der Waals surface area (Å²) in [7, 11) is -3.71. The number of likely N-dealkylation sites (tertiary alicyclic amines) is 1. The largest absolute Gasteiger partial charge is 0.358 e. The minimum Gasteiger partial charge on any atom is -0.358 e. The van der Waals surface area contributed by atoms with E-state index in [-0.39, 0.29) is 10.8 Å². The van der Waals surface area contributed by atoms with Crippen LogP contribution in [0.2, 0.25) is 5.02 Å². The number of hydrogen-bond acceptors (Lipinski definition) is 4. The molecule has 0 N–H and O–H groups in total. The van der Waals surface area contributed by atoms with Gasteiger partial charge in [0, 0.05) is 43.1 Å². The van der Waals surface area contributed by atoms with E-state index in [0.717, 1.165) is 0 Å². The second-order valence-electron chi connectivity index (χ2n) is 6.98. The Morgan fingerprint density at radius 3 is 2.25 bits per heavy atom. The lowest BCUT2D eigenvalue weighted by molar-refractivity contribution is -0.0857. The van der Waals surface area contributed by atoms with Crippen LogP contribution in [0.15, 0.2) is 59.5 Å². The van der Waals surface area contributed by atoms with Crippen LogP contribution < -0.4 is 0 Å². The van der Waals surface area contributed by atoms with Crippen LogP contribution in [0.5, 0.6) is 0 Å². The van der Waals surface area contributed by atoms with Gasteiger partial charge in [0.1, 0.15) is 5.72 Å². The van der Waals surface area contributed by atoms with E-state index in [2.05, 4.69) is 0 Å². The van der Waals surface area contributed by atoms with Crippen LogP contribution in [0.3, 0.4) is 0 Å². The average molecular weight is 421 g/mol. The molecule has 0 atom stereocenters. The zero-order chi connectivity index (χ0) is 19.8. The van der Waals surface area contributed by atoms with E-state index in [1.54, 1.807) is 29.2 Å². The van der Waals surface area contributed by atoms with Crippen molar-refractivity contribution < 1.29 is 17.9 Å². The SMILES string of the molecule is O=C(c1ccccc1)N1CCC2(CC1)OCCN2S(=O)(=O)c1ccc(Cl)cc1. The topological polar surface area (TPSA) is 66.9 Å². The van der Waals surface area contributed by atoms with Gasteiger partial charge in [0.15, 0.2) is 0 Å². The first-order valence-electron chi connectivity index (χ1n) is 9.19. The molecular formula is C20H21ClN2O4S. The molecule has 8 heteroatoms. The van der Waals surface area contributed by atoms with Crippen LogP contribution in [-0.4, -0.2) is 55.5 Å². The summed E-state index contributed by atoms with van der Waals surface area (Å²) in [5, 5.41) is 0.485. The van der Waals surface area contributed by atoms with Crippen molar-refractivity contribution >= 4 is 27.5 Å². The van der Waals surface area contributed by atoms with Crippen LogP contribution in [0.4, 0.5) is 0 Å². The van der Waals surface area contributed by atoms with E-state index in [1.165, 1.54) is 16.4 Å². The molecule has 4 rings (SSSR count). The molecule has 6 nitrogen and oxygen atoms in total. The number of sulfonamides is 1. The third-order valence-corrected chi connectivity index (χ3v) is 7.59. The Morgan fingerprint density at radius 2 is 1.61 bits per heavy atom. The van der Waals surface area contributed by atoms with E-state index >= 15 is 0 Å². The number of hydrogen-bond donors (Lipinski definition) is 0. The maximum absolute atomic E-state index is 13.2. The van der Waals surface area contributed by atoms with E-state index < -0.39 is 15.7 Å². The van der Waals surface area contributed by atoms with Crippen molar-refractivity contribution in [1.82, 2.24) is 9.21 Å². The number of rotatable bonds is 3. The Kier molecular flexibility index (Phi) is 5.18. The van der Waals surface area contributed by atoms with Crippen molar-refractivity contribution in [3.63, 3.8) is 0 Å². The van der Waals surface area contributed by atoms with Crippen molar-refractivity contribution in [3.05, 3.63) is 65.2 Å². The van der Waals surface area contributed by atoms with E-state index in [9.17, 15) is 13.2 Å². The van der Waals surface area contributed by atoms with Gasteiger partial charge >= 0.3 is 0 Å². The van der Waals surface area contributed by atoms with Gasteiger partial charge in [0.25, 0.3) is 5.91 Å². The van der Waals surface area contributed by atoms with Gasteiger partial charge in [-0.25, -0.2) is 8.42 Å². The van der Waals surface area contributed by atoms with E-state index in [1.807, 2.05) is 18.2 Å². The van der Waals surface area contributed by atoms with E-state index in [4.69, 9.17) is 16.3 Å². The maximum Gasteiger partial charge on any atom is 0.253 e. The van der Waals surface area contributed by atoms with Crippen LogP contribution >= 0.6 is 11.6 Å². The van der Waals surface area contributed by atoms with Crippen molar-refractivity contribution in [2.45, 2.75) is 23.5 Å². The van der Waals surface area contributed by atoms with Crippen molar-refractivity contribution in [3.8, 4) is 0 Å². The first kappa shape index (κ1) is 19.4. The number of carbonyl (C=O) groups excluding carboxylic acids is 1. The number of benzene rings is 2.